The molecule has 404 valence electrons. The van der Waals surface area contributed by atoms with Crippen LogP contribution in [0.25, 0.3) is 62.9 Å². The van der Waals surface area contributed by atoms with E-state index in [2.05, 4.69) is 204 Å². The Bertz CT molecular complexity index is 3180. The summed E-state index contributed by atoms with van der Waals surface area (Å²) in [5.41, 5.74) is 22.4. The molecule has 0 radical (unpaired) electrons. The summed E-state index contributed by atoms with van der Waals surface area (Å²) in [5, 5.41) is 4.03. The summed E-state index contributed by atoms with van der Waals surface area (Å²) < 4.78 is 25.8. The fourth-order valence-electron chi connectivity index (χ4n) is 7.57. The van der Waals surface area contributed by atoms with Gasteiger partial charge in [-0.3, -0.25) is 0 Å². The summed E-state index contributed by atoms with van der Waals surface area (Å²) in [6, 6.07) is 38.0. The Hall–Kier alpha value is -5.55. The zero-order valence-corrected chi connectivity index (χ0v) is 48.0. The van der Waals surface area contributed by atoms with Crippen molar-refractivity contribution in [2.24, 2.45) is 0 Å². The van der Waals surface area contributed by atoms with Crippen LogP contribution in [-0.2, 0) is 0 Å². The SMILES string of the molecule is C.C.C.C.CC(C)c1ccc2ncsc2c1.CC(C)c1ccc2nsnc2c1.CC(C)c1ccc2scnc2c1.CC(C)c1cccc2nnsc12.CC(C)c1cccc2nsnc12.CC(C)c1cccc2scnc12. The molecule has 15 heteroatoms. The van der Waals surface area contributed by atoms with Crippen molar-refractivity contribution in [1.29, 1.82) is 0 Å². The normalized spacial score (nSPS) is 10.7. The molecule has 0 N–H and O–H groups in total. The maximum absolute atomic E-state index is 4.36. The van der Waals surface area contributed by atoms with E-state index in [9.17, 15) is 0 Å². The molecule has 6 aromatic heterocycles. The lowest BCUT2D eigenvalue weighted by atomic mass is 10.0. The third-order valence-electron chi connectivity index (χ3n) is 11.9. The average Bonchev–Trinajstić information content (AvgIpc) is 4.25. The molecule has 0 aliphatic carbocycles. The third kappa shape index (κ3) is 17.0. The summed E-state index contributed by atoms with van der Waals surface area (Å²) in [4.78, 5) is 12.9. The second kappa shape index (κ2) is 31.0. The van der Waals surface area contributed by atoms with Crippen molar-refractivity contribution in [3.8, 4) is 0 Å². The number of hydrogen-bond donors (Lipinski definition) is 0. The molecule has 6 aromatic carbocycles. The number of nitrogens with zero attached hydrogens (tertiary/aromatic N) is 9. The van der Waals surface area contributed by atoms with Crippen LogP contribution in [-0.4, -0.2) is 42.0 Å². The molecular formula is C61H79N9S6. The summed E-state index contributed by atoms with van der Waals surface area (Å²) in [6.07, 6.45) is 0. The van der Waals surface area contributed by atoms with Gasteiger partial charge in [0, 0.05) is 0 Å². The van der Waals surface area contributed by atoms with Crippen molar-refractivity contribution in [3.63, 3.8) is 0 Å². The van der Waals surface area contributed by atoms with E-state index in [1.807, 2.05) is 46.9 Å². The topological polar surface area (TPSA) is 116 Å². The van der Waals surface area contributed by atoms with Gasteiger partial charge >= 0.3 is 0 Å². The van der Waals surface area contributed by atoms with Crippen LogP contribution in [0, 0.1) is 0 Å². The molecule has 0 saturated heterocycles. The second-order valence-corrected chi connectivity index (χ2v) is 23.6. The van der Waals surface area contributed by atoms with Crippen LogP contribution in [0.3, 0.4) is 0 Å². The Morgan fingerprint density at radius 1 is 0.342 bits per heavy atom. The lowest BCUT2D eigenvalue weighted by molar-refractivity contribution is 0.868. The van der Waals surface area contributed by atoms with E-state index >= 15 is 0 Å². The van der Waals surface area contributed by atoms with Crippen molar-refractivity contribution in [2.45, 2.75) is 148 Å². The van der Waals surface area contributed by atoms with Gasteiger partial charge in [-0.1, -0.05) is 172 Å². The molecule has 0 aliphatic heterocycles. The molecule has 0 saturated carbocycles. The lowest BCUT2D eigenvalue weighted by Gasteiger charge is -2.04. The van der Waals surface area contributed by atoms with Crippen molar-refractivity contribution < 1.29 is 0 Å². The molecule has 0 unspecified atom stereocenters. The lowest BCUT2D eigenvalue weighted by Crippen LogP contribution is -1.87. The van der Waals surface area contributed by atoms with Crippen LogP contribution in [0.2, 0.25) is 0 Å². The number of benzene rings is 6. The van der Waals surface area contributed by atoms with E-state index in [1.54, 1.807) is 34.0 Å². The Balaban J connectivity index is 0.000000238. The first kappa shape index (κ1) is 64.7. The Labute approximate surface area is 477 Å². The Morgan fingerprint density at radius 2 is 0.816 bits per heavy atom. The highest BCUT2D eigenvalue weighted by Crippen LogP contribution is 2.29. The first-order chi connectivity index (χ1) is 34.7. The average molecular weight is 1130 g/mol. The maximum Gasteiger partial charge on any atom is 0.108 e. The summed E-state index contributed by atoms with van der Waals surface area (Å²) in [6.45, 7) is 26.3. The van der Waals surface area contributed by atoms with Crippen LogP contribution in [0.15, 0.2) is 126 Å². The molecule has 76 heavy (non-hydrogen) atoms. The van der Waals surface area contributed by atoms with Gasteiger partial charge in [0.05, 0.1) is 75.3 Å². The van der Waals surface area contributed by atoms with Crippen LogP contribution in [0.5, 0.6) is 0 Å². The molecule has 0 bridgehead atoms. The quantitative estimate of drug-likeness (QED) is 0.160. The maximum atomic E-state index is 4.36. The van der Waals surface area contributed by atoms with E-state index in [0.717, 1.165) is 38.6 Å². The zero-order valence-electron chi connectivity index (χ0n) is 43.1. The number of rotatable bonds is 6. The molecule has 12 aromatic rings. The zero-order chi connectivity index (χ0) is 51.3. The molecular weight excluding hydrogens is 1050 g/mol. The predicted octanol–water partition coefficient (Wildman–Crippen LogP) is 21.2. The Morgan fingerprint density at radius 3 is 1.46 bits per heavy atom. The molecule has 0 amide bonds. The molecule has 6 heterocycles. The van der Waals surface area contributed by atoms with E-state index < -0.39 is 0 Å². The van der Waals surface area contributed by atoms with Gasteiger partial charge < -0.3 is 0 Å². The predicted molar refractivity (Wildman–Crippen MR) is 343 cm³/mol. The van der Waals surface area contributed by atoms with Crippen LogP contribution in [0.1, 0.15) is 182 Å². The fourth-order valence-corrected chi connectivity index (χ4v) is 11.6. The van der Waals surface area contributed by atoms with Crippen LogP contribution in [0.4, 0.5) is 0 Å². The van der Waals surface area contributed by atoms with Crippen LogP contribution >= 0.6 is 69.0 Å². The smallest absolute Gasteiger partial charge is 0.108 e. The highest BCUT2D eigenvalue weighted by molar-refractivity contribution is 7.17. The van der Waals surface area contributed by atoms with Crippen molar-refractivity contribution in [1.82, 2.24) is 42.0 Å². The highest BCUT2D eigenvalue weighted by atomic mass is 32.1. The number of aromatic nitrogens is 9. The minimum atomic E-state index is 0. The summed E-state index contributed by atoms with van der Waals surface area (Å²) in [7, 11) is 0. The third-order valence-corrected chi connectivity index (χ3v) is 16.2. The summed E-state index contributed by atoms with van der Waals surface area (Å²) in [5.74, 6) is 3.41. The van der Waals surface area contributed by atoms with Gasteiger partial charge in [-0.25, -0.2) is 15.0 Å². The van der Waals surface area contributed by atoms with Gasteiger partial charge in [0.25, 0.3) is 0 Å². The number of para-hydroxylation sites is 1. The van der Waals surface area contributed by atoms with Gasteiger partial charge in [0.2, 0.25) is 0 Å². The standard InChI is InChI=1S/3C10H11NS.3C9H10N2S.4CH4/c1-7(2)8-3-4-10-9(5-8)11-6-12-10;1-7(2)8-3-4-9-10(5-8)12-6-11-9;1-7(2)8-4-3-5-9-10(8)11-6-12-9;1-6(2)7-3-4-8-9(5-7)11-12-10-8;1-6(2)7-4-3-5-8-9(7)12-11-10-8;1-6(2)7-4-3-5-8-9(7)11-12-10-8;;;;/h3*3-7H,1-2H3;3*3-6H,1-2H3;4*1H4. The van der Waals surface area contributed by atoms with Gasteiger partial charge in [0.15, 0.2) is 0 Å². The molecule has 9 nitrogen and oxygen atoms in total. The Kier molecular flexibility index (Phi) is 26.4. The van der Waals surface area contributed by atoms with Gasteiger partial charge in [-0.2, -0.15) is 17.5 Å². The van der Waals surface area contributed by atoms with E-state index in [-0.39, 0.29) is 29.7 Å². The van der Waals surface area contributed by atoms with Crippen molar-refractivity contribution in [2.75, 3.05) is 0 Å². The minimum Gasteiger partial charge on any atom is -0.245 e. The number of fused-ring (bicyclic) bond motifs is 6. The molecule has 0 fully saturated rings. The molecule has 12 rings (SSSR count). The van der Waals surface area contributed by atoms with Crippen LogP contribution < -0.4 is 0 Å². The van der Waals surface area contributed by atoms with Crippen molar-refractivity contribution >= 4 is 132 Å². The van der Waals surface area contributed by atoms with E-state index in [4.69, 9.17) is 0 Å². The molecule has 0 atom stereocenters. The molecule has 0 spiro atoms. The second-order valence-electron chi connectivity index (χ2n) is 19.1. The highest BCUT2D eigenvalue weighted by Gasteiger charge is 2.10. The minimum absolute atomic E-state index is 0. The molecule has 0 aliphatic rings. The van der Waals surface area contributed by atoms with Gasteiger partial charge in [0.1, 0.15) is 27.6 Å². The van der Waals surface area contributed by atoms with E-state index in [1.165, 1.54) is 92.7 Å². The van der Waals surface area contributed by atoms with Gasteiger partial charge in [-0.15, -0.1) is 39.1 Å². The number of hydrogen-bond acceptors (Lipinski definition) is 15. The van der Waals surface area contributed by atoms with Gasteiger partial charge in [-0.05, 0) is 135 Å². The fraction of sp³-hybridized carbons (Fsp3) is 0.361. The van der Waals surface area contributed by atoms with E-state index in [0.29, 0.717) is 35.5 Å². The largest absolute Gasteiger partial charge is 0.245 e. The number of thiazole rings is 3. The monoisotopic (exact) mass is 1130 g/mol. The first-order valence-corrected chi connectivity index (χ1v) is 29.2. The van der Waals surface area contributed by atoms with Crippen molar-refractivity contribution in [3.05, 3.63) is 159 Å². The first-order valence-electron chi connectivity index (χ1n) is 24.3. The summed E-state index contributed by atoms with van der Waals surface area (Å²) >= 11 is 9.15.